The highest BCUT2D eigenvalue weighted by Gasteiger charge is 2.30. The molecule has 0 aromatic carbocycles. The lowest BCUT2D eigenvalue weighted by Crippen LogP contribution is -2.35. The topological polar surface area (TPSA) is 71.1 Å². The van der Waals surface area contributed by atoms with Crippen molar-refractivity contribution in [2.45, 2.75) is 90.6 Å². The fraction of sp³-hybridized carbons (Fsp3) is 0.875. The smallest absolute Gasteiger partial charge is 0.431 e. The summed E-state index contributed by atoms with van der Waals surface area (Å²) < 4.78 is 20.8. The van der Waals surface area contributed by atoms with E-state index in [2.05, 4.69) is 0 Å². The van der Waals surface area contributed by atoms with Crippen LogP contribution in [0.2, 0.25) is 0 Å². The molecule has 2 atom stereocenters. The zero-order chi connectivity index (χ0) is 17.0. The Bertz CT molecular complexity index is 354. The maximum Gasteiger partial charge on any atom is 0.509 e. The van der Waals surface area contributed by atoms with Crippen molar-refractivity contribution in [1.82, 2.24) is 0 Å². The van der Waals surface area contributed by atoms with Gasteiger partial charge in [0.15, 0.2) is 0 Å². The SMILES string of the molecule is CC(C)(C)OC(=O)OC1CCCC(OC(=O)OC(C)(C)C)C1. The van der Waals surface area contributed by atoms with Crippen LogP contribution in [0.4, 0.5) is 9.59 Å². The predicted octanol–water partition coefficient (Wildman–Crippen LogP) is 4.20. The van der Waals surface area contributed by atoms with Crippen molar-refractivity contribution in [2.75, 3.05) is 0 Å². The molecule has 2 unspecified atom stereocenters. The first-order chi connectivity index (χ1) is 9.94. The number of hydrogen-bond donors (Lipinski definition) is 0. The predicted molar refractivity (Wildman–Crippen MR) is 80.7 cm³/mol. The first kappa shape index (κ1) is 18.6. The van der Waals surface area contributed by atoms with Crippen molar-refractivity contribution in [3.8, 4) is 0 Å². The van der Waals surface area contributed by atoms with Crippen LogP contribution in [0, 0.1) is 0 Å². The second-order valence-electron chi connectivity index (χ2n) is 7.58. The van der Waals surface area contributed by atoms with Crippen molar-refractivity contribution in [1.29, 1.82) is 0 Å². The molecule has 0 heterocycles. The second-order valence-corrected chi connectivity index (χ2v) is 7.58. The van der Waals surface area contributed by atoms with E-state index < -0.39 is 23.5 Å². The normalized spacial score (nSPS) is 22.6. The number of hydrogen-bond acceptors (Lipinski definition) is 6. The van der Waals surface area contributed by atoms with Crippen LogP contribution < -0.4 is 0 Å². The molecule has 1 fully saturated rings. The van der Waals surface area contributed by atoms with Gasteiger partial charge in [-0.15, -0.1) is 0 Å². The summed E-state index contributed by atoms with van der Waals surface area (Å²) in [5, 5.41) is 0. The van der Waals surface area contributed by atoms with Crippen LogP contribution in [0.3, 0.4) is 0 Å². The maximum absolute atomic E-state index is 11.7. The maximum atomic E-state index is 11.7. The minimum atomic E-state index is -0.685. The Morgan fingerprint density at radius 2 is 1.14 bits per heavy atom. The summed E-state index contributed by atoms with van der Waals surface area (Å²) in [5.74, 6) is 0. The molecule has 0 bridgehead atoms. The summed E-state index contributed by atoms with van der Waals surface area (Å²) >= 11 is 0. The van der Waals surface area contributed by atoms with Gasteiger partial charge >= 0.3 is 12.3 Å². The minimum absolute atomic E-state index is 0.295. The molecule has 6 nitrogen and oxygen atoms in total. The third-order valence-corrected chi connectivity index (χ3v) is 2.88. The lowest BCUT2D eigenvalue weighted by Gasteiger charge is -2.30. The summed E-state index contributed by atoms with van der Waals surface area (Å²) in [6, 6.07) is 0. The van der Waals surface area contributed by atoms with E-state index in [0.717, 1.165) is 19.3 Å². The Hall–Kier alpha value is -1.46. The van der Waals surface area contributed by atoms with Crippen molar-refractivity contribution >= 4 is 12.3 Å². The van der Waals surface area contributed by atoms with Crippen LogP contribution in [-0.4, -0.2) is 35.7 Å². The fourth-order valence-corrected chi connectivity index (χ4v) is 2.14. The number of carbonyl (C=O) groups excluding carboxylic acids is 2. The standard InChI is InChI=1S/C16H28O6/c1-15(2,3)21-13(17)19-11-8-7-9-12(10-11)20-14(18)22-16(4,5)6/h11-12H,7-10H2,1-6H3. The van der Waals surface area contributed by atoms with Crippen LogP contribution >= 0.6 is 0 Å². The molecular weight excluding hydrogens is 288 g/mol. The minimum Gasteiger partial charge on any atom is -0.431 e. The van der Waals surface area contributed by atoms with Crippen molar-refractivity contribution in [2.24, 2.45) is 0 Å². The van der Waals surface area contributed by atoms with Gasteiger partial charge in [0.2, 0.25) is 0 Å². The van der Waals surface area contributed by atoms with Crippen LogP contribution in [0.1, 0.15) is 67.2 Å². The van der Waals surface area contributed by atoms with Crippen molar-refractivity contribution in [3.63, 3.8) is 0 Å². The molecule has 1 aliphatic carbocycles. The quantitative estimate of drug-likeness (QED) is 0.711. The number of ether oxygens (including phenoxy) is 4. The van der Waals surface area contributed by atoms with Crippen LogP contribution in [0.25, 0.3) is 0 Å². The van der Waals surface area contributed by atoms with Gasteiger partial charge in [0.25, 0.3) is 0 Å². The van der Waals surface area contributed by atoms with Gasteiger partial charge in [-0.25, -0.2) is 9.59 Å². The molecular formula is C16H28O6. The Morgan fingerprint density at radius 1 is 0.773 bits per heavy atom. The number of carbonyl (C=O) groups is 2. The third-order valence-electron chi connectivity index (χ3n) is 2.88. The largest absolute Gasteiger partial charge is 0.509 e. The first-order valence-electron chi connectivity index (χ1n) is 7.74. The summed E-state index contributed by atoms with van der Waals surface area (Å²) in [5.41, 5.74) is -1.17. The van der Waals surface area contributed by atoms with E-state index >= 15 is 0 Å². The summed E-state index contributed by atoms with van der Waals surface area (Å²) in [6.07, 6.45) is 0.818. The summed E-state index contributed by atoms with van der Waals surface area (Å²) in [4.78, 5) is 23.3. The molecule has 0 N–H and O–H groups in total. The van der Waals surface area contributed by atoms with Gasteiger partial charge in [0.1, 0.15) is 23.4 Å². The Balaban J connectivity index is 2.41. The average molecular weight is 316 g/mol. The highest BCUT2D eigenvalue weighted by atomic mass is 16.7. The van der Waals surface area contributed by atoms with E-state index in [1.807, 2.05) is 0 Å². The third kappa shape index (κ3) is 8.10. The highest BCUT2D eigenvalue weighted by molar-refractivity contribution is 5.61. The zero-order valence-electron chi connectivity index (χ0n) is 14.4. The molecule has 0 aromatic rings. The Morgan fingerprint density at radius 3 is 1.45 bits per heavy atom. The molecule has 6 heteroatoms. The molecule has 0 amide bonds. The molecule has 0 saturated heterocycles. The molecule has 128 valence electrons. The molecule has 0 aliphatic heterocycles. The van der Waals surface area contributed by atoms with E-state index in [0.29, 0.717) is 6.42 Å². The molecule has 0 aromatic heterocycles. The van der Waals surface area contributed by atoms with Gasteiger partial charge in [0.05, 0.1) is 0 Å². The second kappa shape index (κ2) is 7.20. The lowest BCUT2D eigenvalue weighted by atomic mass is 9.95. The molecule has 0 spiro atoms. The van der Waals surface area contributed by atoms with Gasteiger partial charge in [0, 0.05) is 6.42 Å². The molecule has 1 aliphatic rings. The molecule has 1 rings (SSSR count). The van der Waals surface area contributed by atoms with Crippen LogP contribution in [0.15, 0.2) is 0 Å². The van der Waals surface area contributed by atoms with E-state index in [1.54, 1.807) is 41.5 Å². The average Bonchev–Trinajstić information content (AvgIpc) is 2.22. The van der Waals surface area contributed by atoms with Gasteiger partial charge in [-0.2, -0.15) is 0 Å². The highest BCUT2D eigenvalue weighted by Crippen LogP contribution is 2.25. The van der Waals surface area contributed by atoms with Crippen LogP contribution in [0.5, 0.6) is 0 Å². The zero-order valence-corrected chi connectivity index (χ0v) is 14.4. The molecule has 1 saturated carbocycles. The van der Waals surface area contributed by atoms with E-state index in [9.17, 15) is 9.59 Å². The van der Waals surface area contributed by atoms with E-state index in [-0.39, 0.29) is 12.2 Å². The van der Waals surface area contributed by atoms with Crippen molar-refractivity contribution in [3.05, 3.63) is 0 Å². The van der Waals surface area contributed by atoms with E-state index in [1.165, 1.54) is 0 Å². The van der Waals surface area contributed by atoms with E-state index in [4.69, 9.17) is 18.9 Å². The lowest BCUT2D eigenvalue weighted by molar-refractivity contribution is -0.0649. The summed E-state index contributed by atoms with van der Waals surface area (Å²) in [7, 11) is 0. The van der Waals surface area contributed by atoms with Crippen LogP contribution in [-0.2, 0) is 18.9 Å². The molecule has 0 radical (unpaired) electrons. The monoisotopic (exact) mass is 316 g/mol. The summed E-state index contributed by atoms with van der Waals surface area (Å²) in [6.45, 7) is 10.7. The first-order valence-corrected chi connectivity index (χ1v) is 7.74. The number of rotatable bonds is 2. The fourth-order valence-electron chi connectivity index (χ4n) is 2.14. The Labute approximate surface area is 132 Å². The van der Waals surface area contributed by atoms with Gasteiger partial charge < -0.3 is 18.9 Å². The van der Waals surface area contributed by atoms with Gasteiger partial charge in [-0.05, 0) is 60.8 Å². The Kier molecular flexibility index (Phi) is 6.08. The van der Waals surface area contributed by atoms with Crippen molar-refractivity contribution < 1.29 is 28.5 Å². The molecule has 22 heavy (non-hydrogen) atoms. The van der Waals surface area contributed by atoms with Gasteiger partial charge in [-0.3, -0.25) is 0 Å². The van der Waals surface area contributed by atoms with Gasteiger partial charge in [-0.1, -0.05) is 0 Å².